The Kier molecular flexibility index (Phi) is 3.89. The van der Waals surface area contributed by atoms with E-state index < -0.39 is 0 Å². The number of thiocarbonyl (C=S) groups is 1. The zero-order valence-electron chi connectivity index (χ0n) is 8.87. The average Bonchev–Trinajstić information content (AvgIpc) is 2.18. The molecule has 0 bridgehead atoms. The van der Waals surface area contributed by atoms with Gasteiger partial charge < -0.3 is 10.2 Å². The predicted octanol–water partition coefficient (Wildman–Crippen LogP) is 2.51. The van der Waals surface area contributed by atoms with Crippen LogP contribution < -0.4 is 5.32 Å². The van der Waals surface area contributed by atoms with Gasteiger partial charge in [-0.15, -0.1) is 0 Å². The Morgan fingerprint density at radius 2 is 2.00 bits per heavy atom. The van der Waals surface area contributed by atoms with Crippen molar-refractivity contribution < 1.29 is 0 Å². The fourth-order valence-corrected chi connectivity index (χ4v) is 1.29. The van der Waals surface area contributed by atoms with Gasteiger partial charge in [0.1, 0.15) is 0 Å². The molecule has 0 aliphatic heterocycles. The van der Waals surface area contributed by atoms with E-state index >= 15 is 0 Å². The van der Waals surface area contributed by atoms with Crippen molar-refractivity contribution in [3.8, 4) is 0 Å². The highest BCUT2D eigenvalue weighted by Crippen LogP contribution is 2.15. The van der Waals surface area contributed by atoms with Crippen LogP contribution in [0.15, 0.2) is 24.3 Å². The predicted molar refractivity (Wildman–Crippen MR) is 65.7 cm³/mol. The van der Waals surface area contributed by atoms with Gasteiger partial charge in [-0.3, -0.25) is 0 Å². The van der Waals surface area contributed by atoms with Crippen LogP contribution in [0.25, 0.3) is 0 Å². The Balaban J connectivity index is 2.80. The van der Waals surface area contributed by atoms with Crippen LogP contribution in [0.2, 0.25) is 0 Å². The van der Waals surface area contributed by atoms with E-state index in [4.69, 9.17) is 12.2 Å². The summed E-state index contributed by atoms with van der Waals surface area (Å²) in [6.45, 7) is 2.14. The molecular formula is C11H16N2S. The van der Waals surface area contributed by atoms with Crippen LogP contribution in [0.4, 0.5) is 5.69 Å². The molecule has 76 valence electrons. The lowest BCUT2D eigenvalue weighted by Gasteiger charge is -2.17. The fraction of sp³-hybridized carbons (Fsp3) is 0.364. The maximum absolute atomic E-state index is 5.18. The Labute approximate surface area is 90.9 Å². The summed E-state index contributed by atoms with van der Waals surface area (Å²) in [7, 11) is 3.87. The Bertz CT molecular complexity index is 321. The third-order valence-electron chi connectivity index (χ3n) is 2.05. The van der Waals surface area contributed by atoms with Gasteiger partial charge in [-0.25, -0.2) is 0 Å². The number of anilines is 1. The van der Waals surface area contributed by atoms with Crippen LogP contribution in [0.5, 0.6) is 0 Å². The van der Waals surface area contributed by atoms with Crippen molar-refractivity contribution >= 4 is 23.0 Å². The van der Waals surface area contributed by atoms with Crippen molar-refractivity contribution in [2.24, 2.45) is 0 Å². The minimum absolute atomic E-state index is 0.742. The molecule has 3 heteroatoms. The first-order valence-electron chi connectivity index (χ1n) is 4.71. The first-order valence-corrected chi connectivity index (χ1v) is 5.12. The molecule has 0 spiro atoms. The van der Waals surface area contributed by atoms with Crippen LogP contribution >= 0.6 is 12.2 Å². The molecule has 1 aromatic rings. The highest BCUT2D eigenvalue weighted by Gasteiger charge is 2.02. The number of hydrogen-bond acceptors (Lipinski definition) is 1. The van der Waals surface area contributed by atoms with E-state index in [1.807, 2.05) is 31.1 Å². The SMILES string of the molecule is CCc1ccccc1NC(=S)N(C)C. The topological polar surface area (TPSA) is 15.3 Å². The lowest BCUT2D eigenvalue weighted by atomic mass is 10.1. The molecule has 0 aliphatic carbocycles. The van der Waals surface area contributed by atoms with Gasteiger partial charge in [0.05, 0.1) is 0 Å². The van der Waals surface area contributed by atoms with Crippen LogP contribution in [-0.4, -0.2) is 24.1 Å². The quantitative estimate of drug-likeness (QED) is 0.752. The number of benzene rings is 1. The number of nitrogens with one attached hydrogen (secondary N) is 1. The smallest absolute Gasteiger partial charge is 0.172 e. The Morgan fingerprint density at radius 3 is 2.57 bits per heavy atom. The van der Waals surface area contributed by atoms with E-state index in [0.29, 0.717) is 0 Å². The summed E-state index contributed by atoms with van der Waals surface area (Å²) in [5.74, 6) is 0. The Morgan fingerprint density at radius 1 is 1.36 bits per heavy atom. The molecule has 0 saturated heterocycles. The summed E-state index contributed by atoms with van der Waals surface area (Å²) < 4.78 is 0. The second-order valence-corrected chi connectivity index (χ2v) is 3.72. The third-order valence-corrected chi connectivity index (χ3v) is 2.51. The van der Waals surface area contributed by atoms with Crippen LogP contribution in [0.3, 0.4) is 0 Å². The van der Waals surface area contributed by atoms with Crippen molar-refractivity contribution in [3.63, 3.8) is 0 Å². The summed E-state index contributed by atoms with van der Waals surface area (Å²) in [6, 6.07) is 8.22. The molecule has 0 unspecified atom stereocenters. The Hall–Kier alpha value is -1.09. The molecule has 1 N–H and O–H groups in total. The molecule has 0 amide bonds. The molecule has 14 heavy (non-hydrogen) atoms. The van der Waals surface area contributed by atoms with Gasteiger partial charge in [0.25, 0.3) is 0 Å². The van der Waals surface area contributed by atoms with Gasteiger partial charge >= 0.3 is 0 Å². The lowest BCUT2D eigenvalue weighted by Crippen LogP contribution is -2.27. The van der Waals surface area contributed by atoms with Crippen LogP contribution in [0.1, 0.15) is 12.5 Å². The van der Waals surface area contributed by atoms with Crippen molar-refractivity contribution in [1.82, 2.24) is 4.90 Å². The highest BCUT2D eigenvalue weighted by molar-refractivity contribution is 7.80. The molecular weight excluding hydrogens is 192 g/mol. The summed E-state index contributed by atoms with van der Waals surface area (Å²) in [4.78, 5) is 1.89. The maximum Gasteiger partial charge on any atom is 0.172 e. The number of para-hydroxylation sites is 1. The summed E-state index contributed by atoms with van der Waals surface area (Å²) in [5, 5.41) is 3.96. The van der Waals surface area contributed by atoms with Crippen molar-refractivity contribution in [3.05, 3.63) is 29.8 Å². The third kappa shape index (κ3) is 2.70. The molecule has 1 rings (SSSR count). The van der Waals surface area contributed by atoms with Gasteiger partial charge in [0, 0.05) is 19.8 Å². The van der Waals surface area contributed by atoms with E-state index in [-0.39, 0.29) is 0 Å². The molecule has 0 aliphatic rings. The van der Waals surface area contributed by atoms with Gasteiger partial charge in [0.2, 0.25) is 0 Å². The van der Waals surface area contributed by atoms with Gasteiger partial charge in [0.15, 0.2) is 5.11 Å². The first kappa shape index (κ1) is 11.0. The van der Waals surface area contributed by atoms with E-state index in [9.17, 15) is 0 Å². The number of rotatable bonds is 2. The lowest BCUT2D eigenvalue weighted by molar-refractivity contribution is 0.633. The van der Waals surface area contributed by atoms with Gasteiger partial charge in [-0.2, -0.15) is 0 Å². The molecule has 0 aromatic heterocycles. The standard InChI is InChI=1S/C11H16N2S/c1-4-9-7-5-6-8-10(9)12-11(14)13(2)3/h5-8H,4H2,1-3H3,(H,12,14). The molecule has 2 nitrogen and oxygen atoms in total. The minimum atomic E-state index is 0.742. The number of hydrogen-bond donors (Lipinski definition) is 1. The average molecular weight is 208 g/mol. The molecule has 0 saturated carbocycles. The van der Waals surface area contributed by atoms with E-state index in [0.717, 1.165) is 17.2 Å². The van der Waals surface area contributed by atoms with E-state index in [1.165, 1.54) is 5.56 Å². The molecule has 1 aromatic carbocycles. The minimum Gasteiger partial charge on any atom is -0.355 e. The second-order valence-electron chi connectivity index (χ2n) is 3.34. The van der Waals surface area contributed by atoms with Gasteiger partial charge in [-0.05, 0) is 30.3 Å². The maximum atomic E-state index is 5.18. The molecule has 0 fully saturated rings. The van der Waals surface area contributed by atoms with E-state index in [1.54, 1.807) is 0 Å². The first-order chi connectivity index (χ1) is 6.65. The normalized spacial score (nSPS) is 9.64. The number of aryl methyl sites for hydroxylation is 1. The summed E-state index contributed by atoms with van der Waals surface area (Å²) >= 11 is 5.18. The van der Waals surface area contributed by atoms with Crippen molar-refractivity contribution in [1.29, 1.82) is 0 Å². The molecule has 0 heterocycles. The molecule has 0 atom stereocenters. The summed E-state index contributed by atoms with van der Waals surface area (Å²) in [6.07, 6.45) is 1.01. The fourth-order valence-electron chi connectivity index (χ4n) is 1.18. The van der Waals surface area contributed by atoms with Crippen molar-refractivity contribution in [2.45, 2.75) is 13.3 Å². The highest BCUT2D eigenvalue weighted by atomic mass is 32.1. The molecule has 0 radical (unpaired) electrons. The summed E-state index contributed by atoms with van der Waals surface area (Å²) in [5.41, 5.74) is 2.39. The largest absolute Gasteiger partial charge is 0.355 e. The van der Waals surface area contributed by atoms with Crippen LogP contribution in [-0.2, 0) is 6.42 Å². The van der Waals surface area contributed by atoms with E-state index in [2.05, 4.69) is 24.4 Å². The van der Waals surface area contributed by atoms with Crippen LogP contribution in [0, 0.1) is 0 Å². The van der Waals surface area contributed by atoms with Crippen molar-refractivity contribution in [2.75, 3.05) is 19.4 Å². The van der Waals surface area contributed by atoms with Gasteiger partial charge in [-0.1, -0.05) is 25.1 Å². The zero-order chi connectivity index (χ0) is 10.6. The number of nitrogens with zero attached hydrogens (tertiary/aromatic N) is 1. The second kappa shape index (κ2) is 4.96. The zero-order valence-corrected chi connectivity index (χ0v) is 9.69. The monoisotopic (exact) mass is 208 g/mol.